The minimum atomic E-state index is -1.03. The van der Waals surface area contributed by atoms with E-state index in [2.05, 4.69) is 22.9 Å². The molecule has 0 aliphatic carbocycles. The third-order valence-electron chi connectivity index (χ3n) is 5.60. The van der Waals surface area contributed by atoms with Crippen LogP contribution in [0.5, 0.6) is 0 Å². The first-order chi connectivity index (χ1) is 12.4. The maximum absolute atomic E-state index is 13.0. The van der Waals surface area contributed by atoms with Crippen LogP contribution >= 0.6 is 0 Å². The van der Waals surface area contributed by atoms with E-state index in [1.165, 1.54) is 11.1 Å². The second-order valence-electron chi connectivity index (χ2n) is 7.32. The zero-order chi connectivity index (χ0) is 18.7. The summed E-state index contributed by atoms with van der Waals surface area (Å²) in [7, 11) is -1.03. The summed E-state index contributed by atoms with van der Waals surface area (Å²) < 4.78 is 12.1. The average molecular weight is 380 g/mol. The number of carbonyl (C=O) groups is 2. The maximum Gasteiger partial charge on any atom is 0.279 e. The van der Waals surface area contributed by atoms with Crippen molar-refractivity contribution in [3.63, 3.8) is 0 Å². The molecule has 0 bridgehead atoms. The predicted molar refractivity (Wildman–Crippen MR) is 99.8 cm³/mol. The number of hydrogen-bond donors (Lipinski definition) is 3. The Balaban J connectivity index is 1.72. The van der Waals surface area contributed by atoms with Crippen molar-refractivity contribution >= 4 is 22.6 Å². The number of amides is 2. The Morgan fingerprint density at radius 3 is 2.54 bits per heavy atom. The van der Waals surface area contributed by atoms with E-state index in [9.17, 15) is 13.8 Å². The lowest BCUT2D eigenvalue weighted by Crippen LogP contribution is -2.58. The average Bonchev–Trinajstić information content (AvgIpc) is 3.20. The molecule has 2 amide bonds. The first kappa shape index (κ1) is 19.0. The highest BCUT2D eigenvalue weighted by Crippen LogP contribution is 2.38. The van der Waals surface area contributed by atoms with Crippen LogP contribution in [-0.2, 0) is 33.5 Å². The summed E-state index contributed by atoms with van der Waals surface area (Å²) in [4.78, 5) is 25.0. The van der Waals surface area contributed by atoms with Crippen LogP contribution in [0.15, 0.2) is 24.3 Å². The molecular weight excluding hydrogens is 352 g/mol. The number of nitrogens with two attached hydrogens (primary N) is 1. The Kier molecular flexibility index (Phi) is 5.74. The Bertz CT molecular complexity index is 699. The molecule has 1 spiro atoms. The van der Waals surface area contributed by atoms with Crippen LogP contribution < -0.4 is 16.6 Å². The van der Waals surface area contributed by atoms with Gasteiger partial charge < -0.3 is 9.80 Å². The smallest absolute Gasteiger partial charge is 0.279 e. The van der Waals surface area contributed by atoms with Crippen LogP contribution in [0.3, 0.4) is 0 Å². The zero-order valence-electron chi connectivity index (χ0n) is 15.1. The highest BCUT2D eigenvalue weighted by atomic mass is 32.2. The highest BCUT2D eigenvalue weighted by Gasteiger charge is 2.50. The van der Waals surface area contributed by atoms with Gasteiger partial charge in [0.15, 0.2) is 6.04 Å². The molecule has 8 heteroatoms. The fourth-order valence-corrected chi connectivity index (χ4v) is 4.88. The molecule has 2 aliphatic rings. The summed E-state index contributed by atoms with van der Waals surface area (Å²) in [6.07, 6.45) is 3.71. The molecule has 2 aliphatic heterocycles. The second-order valence-corrected chi connectivity index (χ2v) is 8.88. The maximum atomic E-state index is 13.0. The fourth-order valence-electron chi connectivity index (χ4n) is 4.31. The second kappa shape index (κ2) is 7.85. The van der Waals surface area contributed by atoms with E-state index in [0.29, 0.717) is 12.2 Å². The van der Waals surface area contributed by atoms with Gasteiger partial charge in [0.1, 0.15) is 19.1 Å². The lowest BCUT2D eigenvalue weighted by Gasteiger charge is -2.35. The molecule has 3 rings (SSSR count). The monoisotopic (exact) mass is 379 g/mol. The molecule has 0 radical (unpaired) electrons. The van der Waals surface area contributed by atoms with Gasteiger partial charge in [0.25, 0.3) is 11.8 Å². The van der Waals surface area contributed by atoms with E-state index < -0.39 is 22.7 Å². The summed E-state index contributed by atoms with van der Waals surface area (Å²) in [5.74, 6) is 5.04. The third kappa shape index (κ3) is 3.82. The largest absolute Gasteiger partial charge is 0.339 e. The molecule has 26 heavy (non-hydrogen) atoms. The van der Waals surface area contributed by atoms with Crippen molar-refractivity contribution in [3.8, 4) is 0 Å². The molecule has 1 saturated heterocycles. The summed E-state index contributed by atoms with van der Waals surface area (Å²) >= 11 is 0. The molecule has 142 valence electrons. The number of carbonyl (C=O) groups excluding carboxylic acids is 2. The molecule has 4 N–H and O–H groups in total. The molecule has 1 aromatic rings. The van der Waals surface area contributed by atoms with Crippen LogP contribution in [-0.4, -0.2) is 51.1 Å². The van der Waals surface area contributed by atoms with Crippen LogP contribution in [0, 0.1) is 0 Å². The van der Waals surface area contributed by atoms with Gasteiger partial charge in [-0.15, -0.1) is 0 Å². The van der Waals surface area contributed by atoms with Crippen molar-refractivity contribution in [1.29, 1.82) is 0 Å². The van der Waals surface area contributed by atoms with Gasteiger partial charge in [-0.3, -0.25) is 19.2 Å². The van der Waals surface area contributed by atoms with E-state index in [1.807, 2.05) is 12.1 Å². The lowest BCUT2D eigenvalue weighted by atomic mass is 10.1. The van der Waals surface area contributed by atoms with Crippen molar-refractivity contribution in [2.75, 3.05) is 18.6 Å². The number of benzene rings is 1. The van der Waals surface area contributed by atoms with Gasteiger partial charge >= 0.3 is 0 Å². The molecule has 7 nitrogen and oxygen atoms in total. The standard InChI is InChI=1S/C18H26N4O3S/c1-26(25)10-8-15(17(23)21-19)20-18(24)16-7-4-9-22(16)11-13-5-2-3-6-14(13)12-22/h2-3,5-6,15-16H,4,7-12,19H2,1H3,(H-,20,21,23,24)/p+1. The van der Waals surface area contributed by atoms with Crippen molar-refractivity contribution in [3.05, 3.63) is 35.4 Å². The number of nitrogens with one attached hydrogen (secondary N) is 2. The number of hydrazine groups is 1. The topological polar surface area (TPSA) is 101 Å². The van der Waals surface area contributed by atoms with Gasteiger partial charge in [-0.1, -0.05) is 24.3 Å². The molecule has 1 aromatic carbocycles. The van der Waals surface area contributed by atoms with Gasteiger partial charge in [0.2, 0.25) is 0 Å². The molecular formula is C18H27N4O3S+. The number of nitrogens with zero attached hydrogens (tertiary/aromatic N) is 1. The minimum Gasteiger partial charge on any atom is -0.339 e. The van der Waals surface area contributed by atoms with Crippen molar-refractivity contribution < 1.29 is 18.3 Å². The van der Waals surface area contributed by atoms with Crippen LogP contribution in [0.1, 0.15) is 30.4 Å². The van der Waals surface area contributed by atoms with Gasteiger partial charge in [0, 0.05) is 46.8 Å². The molecule has 0 aromatic heterocycles. The Labute approximate surface area is 156 Å². The van der Waals surface area contributed by atoms with E-state index >= 15 is 0 Å². The number of fused-ring (bicyclic) bond motifs is 1. The van der Waals surface area contributed by atoms with E-state index in [-0.39, 0.29) is 11.9 Å². The fraction of sp³-hybridized carbons (Fsp3) is 0.556. The molecule has 2 heterocycles. The van der Waals surface area contributed by atoms with Crippen molar-refractivity contribution in [2.45, 2.75) is 44.4 Å². The lowest BCUT2D eigenvalue weighted by molar-refractivity contribution is -0.950. The van der Waals surface area contributed by atoms with Crippen LogP contribution in [0.4, 0.5) is 0 Å². The normalized spacial score (nSPS) is 22.6. The third-order valence-corrected chi connectivity index (χ3v) is 6.41. The highest BCUT2D eigenvalue weighted by molar-refractivity contribution is 7.84. The Hall–Kier alpha value is -1.77. The summed E-state index contributed by atoms with van der Waals surface area (Å²) in [6.45, 7) is 2.70. The zero-order valence-corrected chi connectivity index (χ0v) is 15.9. The van der Waals surface area contributed by atoms with Gasteiger partial charge in [0.05, 0.1) is 6.54 Å². The van der Waals surface area contributed by atoms with Gasteiger partial charge in [-0.05, 0) is 6.42 Å². The van der Waals surface area contributed by atoms with E-state index in [1.54, 1.807) is 6.26 Å². The van der Waals surface area contributed by atoms with Crippen LogP contribution in [0.2, 0.25) is 0 Å². The quantitative estimate of drug-likeness (QED) is 0.279. The summed E-state index contributed by atoms with van der Waals surface area (Å²) in [5, 5.41) is 2.86. The molecule has 0 saturated carbocycles. The first-order valence-corrected chi connectivity index (χ1v) is 10.7. The molecule has 1 fully saturated rings. The predicted octanol–water partition coefficient (Wildman–Crippen LogP) is -0.0773. The van der Waals surface area contributed by atoms with Crippen LogP contribution in [0.25, 0.3) is 0 Å². The van der Waals surface area contributed by atoms with Gasteiger partial charge in [-0.25, -0.2) is 5.84 Å². The van der Waals surface area contributed by atoms with E-state index in [4.69, 9.17) is 5.84 Å². The molecule has 3 atom stereocenters. The van der Waals surface area contributed by atoms with Crippen molar-refractivity contribution in [2.24, 2.45) is 5.84 Å². The number of hydrogen-bond acceptors (Lipinski definition) is 4. The Morgan fingerprint density at radius 2 is 1.96 bits per heavy atom. The summed E-state index contributed by atoms with van der Waals surface area (Å²) in [6, 6.07) is 7.44. The Morgan fingerprint density at radius 1 is 1.31 bits per heavy atom. The number of rotatable bonds is 6. The summed E-state index contributed by atoms with van der Waals surface area (Å²) in [5.41, 5.74) is 4.72. The number of quaternary nitrogens is 1. The van der Waals surface area contributed by atoms with E-state index in [0.717, 1.165) is 37.0 Å². The first-order valence-electron chi connectivity index (χ1n) is 8.98. The van der Waals surface area contributed by atoms with Crippen molar-refractivity contribution in [1.82, 2.24) is 10.7 Å². The molecule has 3 unspecified atom stereocenters. The SMILES string of the molecule is CS(=O)CCC(NC(=O)C1CCC[N+]12Cc1ccccc1C2)C(=O)NN. The minimum absolute atomic E-state index is 0.106. The van der Waals surface area contributed by atoms with Gasteiger partial charge in [-0.2, -0.15) is 0 Å².